The largest absolute Gasteiger partial charge is 0.327 e. The van der Waals surface area contributed by atoms with Crippen molar-refractivity contribution >= 4 is 5.78 Å². The maximum atomic E-state index is 6.14. The van der Waals surface area contributed by atoms with E-state index in [1.807, 2.05) is 13.0 Å². The van der Waals surface area contributed by atoms with Gasteiger partial charge in [-0.3, -0.25) is 0 Å². The van der Waals surface area contributed by atoms with Gasteiger partial charge >= 0.3 is 0 Å². The van der Waals surface area contributed by atoms with Gasteiger partial charge in [-0.15, -0.1) is 0 Å². The van der Waals surface area contributed by atoms with E-state index in [-0.39, 0.29) is 6.04 Å². The fraction of sp³-hybridized carbons (Fsp3) is 0.545. The highest BCUT2D eigenvalue weighted by Crippen LogP contribution is 2.32. The van der Waals surface area contributed by atoms with Crippen LogP contribution in [-0.2, 0) is 6.42 Å². The maximum Gasteiger partial charge on any atom is 0.252 e. The van der Waals surface area contributed by atoms with E-state index in [0.717, 1.165) is 17.8 Å². The molecular weight excluding hydrogens is 202 g/mol. The molecule has 0 spiro atoms. The molecule has 0 bridgehead atoms. The van der Waals surface area contributed by atoms with E-state index in [0.29, 0.717) is 11.7 Å². The van der Waals surface area contributed by atoms with Gasteiger partial charge in [0.05, 0.1) is 0 Å². The van der Waals surface area contributed by atoms with Crippen LogP contribution >= 0.6 is 0 Å². The lowest BCUT2D eigenvalue weighted by atomic mass is 10.1. The molecule has 1 saturated carbocycles. The first kappa shape index (κ1) is 9.72. The van der Waals surface area contributed by atoms with Crippen molar-refractivity contribution < 1.29 is 0 Å². The quantitative estimate of drug-likeness (QED) is 0.822. The maximum absolute atomic E-state index is 6.14. The topological polar surface area (TPSA) is 69.1 Å². The normalized spacial score (nSPS) is 17.9. The van der Waals surface area contributed by atoms with Gasteiger partial charge < -0.3 is 5.73 Å². The first-order valence-corrected chi connectivity index (χ1v) is 5.66. The molecular formula is C11H15N5. The van der Waals surface area contributed by atoms with E-state index in [1.165, 1.54) is 19.2 Å². The van der Waals surface area contributed by atoms with Crippen LogP contribution in [0.3, 0.4) is 0 Å². The summed E-state index contributed by atoms with van der Waals surface area (Å²) in [6, 6.07) is 2.29. The number of hydrogen-bond donors (Lipinski definition) is 1. The minimum Gasteiger partial charge on any atom is -0.327 e. The molecule has 5 heteroatoms. The molecule has 0 aromatic carbocycles. The van der Waals surface area contributed by atoms with Gasteiger partial charge in [0.15, 0.2) is 0 Å². The average molecular weight is 217 g/mol. The van der Waals surface area contributed by atoms with Crippen molar-refractivity contribution in [3.05, 3.63) is 23.8 Å². The molecule has 1 atom stereocenters. The monoisotopic (exact) mass is 217 g/mol. The number of aryl methyl sites for hydroxylation is 1. The van der Waals surface area contributed by atoms with E-state index in [9.17, 15) is 0 Å². The summed E-state index contributed by atoms with van der Waals surface area (Å²) >= 11 is 0. The predicted octanol–water partition coefficient (Wildman–Crippen LogP) is 0.713. The summed E-state index contributed by atoms with van der Waals surface area (Å²) in [5.74, 6) is 1.37. The molecule has 1 aliphatic rings. The van der Waals surface area contributed by atoms with Gasteiger partial charge in [-0.05, 0) is 31.7 Å². The molecule has 0 aliphatic heterocycles. The third kappa shape index (κ3) is 1.67. The highest BCUT2D eigenvalue weighted by Gasteiger charge is 2.29. The standard InChI is InChI=1S/C11H15N5/c1-7-4-9(5-10(12)8-2-3-8)16-11(15-7)13-6-14-16/h4,6,8,10H,2-3,5,12H2,1H3. The highest BCUT2D eigenvalue weighted by molar-refractivity contribution is 5.30. The van der Waals surface area contributed by atoms with E-state index >= 15 is 0 Å². The van der Waals surface area contributed by atoms with Gasteiger partial charge in [0, 0.05) is 23.9 Å². The van der Waals surface area contributed by atoms with Gasteiger partial charge in [-0.25, -0.2) is 9.50 Å². The van der Waals surface area contributed by atoms with E-state index in [4.69, 9.17) is 5.73 Å². The molecule has 84 valence electrons. The van der Waals surface area contributed by atoms with Crippen LogP contribution in [0.4, 0.5) is 0 Å². The second kappa shape index (κ2) is 3.52. The van der Waals surface area contributed by atoms with Gasteiger partial charge in [-0.2, -0.15) is 10.1 Å². The van der Waals surface area contributed by atoms with Gasteiger partial charge in [0.25, 0.3) is 5.78 Å². The third-order valence-corrected chi connectivity index (χ3v) is 3.13. The van der Waals surface area contributed by atoms with E-state index in [2.05, 4.69) is 15.1 Å². The summed E-state index contributed by atoms with van der Waals surface area (Å²) in [6.07, 6.45) is 4.93. The van der Waals surface area contributed by atoms with Crippen LogP contribution in [0.1, 0.15) is 24.2 Å². The Morgan fingerprint density at radius 1 is 1.56 bits per heavy atom. The van der Waals surface area contributed by atoms with Crippen LogP contribution in [0.2, 0.25) is 0 Å². The van der Waals surface area contributed by atoms with Crippen LogP contribution in [0.5, 0.6) is 0 Å². The summed E-state index contributed by atoms with van der Waals surface area (Å²) in [7, 11) is 0. The lowest BCUT2D eigenvalue weighted by Crippen LogP contribution is -2.26. The number of hydrogen-bond acceptors (Lipinski definition) is 4. The molecule has 2 heterocycles. The first-order chi connectivity index (χ1) is 7.74. The van der Waals surface area contributed by atoms with E-state index < -0.39 is 0 Å². The summed E-state index contributed by atoms with van der Waals surface area (Å²) in [6.45, 7) is 1.97. The Kier molecular flexibility index (Phi) is 2.14. The smallest absolute Gasteiger partial charge is 0.252 e. The zero-order valence-corrected chi connectivity index (χ0v) is 9.30. The molecule has 1 aliphatic carbocycles. The van der Waals surface area contributed by atoms with Crippen LogP contribution in [0, 0.1) is 12.8 Å². The number of aromatic nitrogens is 4. The van der Waals surface area contributed by atoms with Crippen molar-refractivity contribution in [3.8, 4) is 0 Å². The van der Waals surface area contributed by atoms with Crippen molar-refractivity contribution in [1.82, 2.24) is 19.6 Å². The first-order valence-electron chi connectivity index (χ1n) is 5.66. The van der Waals surface area contributed by atoms with Crippen LogP contribution in [0.15, 0.2) is 12.4 Å². The van der Waals surface area contributed by atoms with Gasteiger partial charge in [0.1, 0.15) is 6.33 Å². The van der Waals surface area contributed by atoms with Crippen LogP contribution in [-0.4, -0.2) is 25.6 Å². The molecule has 0 radical (unpaired) electrons. The Balaban J connectivity index is 1.97. The van der Waals surface area contributed by atoms with Gasteiger partial charge in [-0.1, -0.05) is 0 Å². The molecule has 5 nitrogen and oxygen atoms in total. The van der Waals surface area contributed by atoms with Crippen molar-refractivity contribution in [2.75, 3.05) is 0 Å². The van der Waals surface area contributed by atoms with Crippen molar-refractivity contribution in [2.45, 2.75) is 32.2 Å². The molecule has 1 unspecified atom stereocenters. The Labute approximate surface area is 93.7 Å². The molecule has 2 N–H and O–H groups in total. The Morgan fingerprint density at radius 3 is 3.12 bits per heavy atom. The SMILES string of the molecule is Cc1cc(CC(N)C2CC2)n2ncnc2n1. The molecule has 16 heavy (non-hydrogen) atoms. The van der Waals surface area contributed by atoms with Crippen LogP contribution < -0.4 is 5.73 Å². The third-order valence-electron chi connectivity index (χ3n) is 3.13. The molecule has 0 saturated heterocycles. The van der Waals surface area contributed by atoms with E-state index in [1.54, 1.807) is 4.52 Å². The second-order valence-corrected chi connectivity index (χ2v) is 4.57. The highest BCUT2D eigenvalue weighted by atomic mass is 15.3. The molecule has 3 rings (SSSR count). The lowest BCUT2D eigenvalue weighted by molar-refractivity contribution is 0.574. The second-order valence-electron chi connectivity index (χ2n) is 4.57. The van der Waals surface area contributed by atoms with Gasteiger partial charge in [0.2, 0.25) is 0 Å². The van der Waals surface area contributed by atoms with Crippen molar-refractivity contribution in [2.24, 2.45) is 11.7 Å². The number of nitrogens with zero attached hydrogens (tertiary/aromatic N) is 4. The number of rotatable bonds is 3. The summed E-state index contributed by atoms with van der Waals surface area (Å²) in [5.41, 5.74) is 8.22. The van der Waals surface area contributed by atoms with Crippen molar-refractivity contribution in [1.29, 1.82) is 0 Å². The summed E-state index contributed by atoms with van der Waals surface area (Å²) in [5, 5.41) is 4.18. The Bertz CT molecular complexity index is 514. The minimum absolute atomic E-state index is 0.245. The Hall–Kier alpha value is -1.49. The fourth-order valence-corrected chi connectivity index (χ4v) is 2.08. The summed E-state index contributed by atoms with van der Waals surface area (Å²) < 4.78 is 1.79. The molecule has 0 amide bonds. The van der Waals surface area contributed by atoms with Crippen LogP contribution in [0.25, 0.3) is 5.78 Å². The molecule has 2 aromatic rings. The number of nitrogens with two attached hydrogens (primary N) is 1. The van der Waals surface area contributed by atoms with Crippen molar-refractivity contribution in [3.63, 3.8) is 0 Å². The zero-order valence-electron chi connectivity index (χ0n) is 9.30. The summed E-state index contributed by atoms with van der Waals surface area (Å²) in [4.78, 5) is 8.42. The molecule has 1 fully saturated rings. The fourth-order valence-electron chi connectivity index (χ4n) is 2.08. The Morgan fingerprint density at radius 2 is 2.38 bits per heavy atom. The lowest BCUT2D eigenvalue weighted by Gasteiger charge is -2.11. The molecule has 2 aromatic heterocycles. The average Bonchev–Trinajstić information content (AvgIpc) is 2.98. The minimum atomic E-state index is 0.245. The predicted molar refractivity (Wildman–Crippen MR) is 59.9 cm³/mol. The number of fused-ring (bicyclic) bond motifs is 1. The zero-order chi connectivity index (χ0) is 11.1.